The number of furan rings is 1. The zero-order valence-corrected chi connectivity index (χ0v) is 10.4. The van der Waals surface area contributed by atoms with E-state index in [1.807, 2.05) is 0 Å². The molecule has 4 nitrogen and oxygen atoms in total. The van der Waals surface area contributed by atoms with E-state index in [1.54, 1.807) is 30.3 Å². The molecule has 3 N–H and O–H groups in total. The van der Waals surface area contributed by atoms with Gasteiger partial charge in [0.25, 0.3) is 0 Å². The predicted molar refractivity (Wildman–Crippen MR) is 71.1 cm³/mol. The molecule has 0 aliphatic heterocycles. The fourth-order valence-corrected chi connectivity index (χ4v) is 2.07. The van der Waals surface area contributed by atoms with Crippen LogP contribution in [0.25, 0.3) is 22.6 Å². The van der Waals surface area contributed by atoms with Gasteiger partial charge in [-0.2, -0.15) is 5.10 Å². The average molecular weight is 278 g/mol. The van der Waals surface area contributed by atoms with Crippen molar-refractivity contribution in [1.29, 1.82) is 0 Å². The van der Waals surface area contributed by atoms with Crippen molar-refractivity contribution in [2.45, 2.75) is 0 Å². The maximum Gasteiger partial charge on any atom is 0.194 e. The second-order valence-corrected chi connectivity index (χ2v) is 4.31. The van der Waals surface area contributed by atoms with E-state index in [4.69, 9.17) is 21.8 Å². The van der Waals surface area contributed by atoms with Crippen molar-refractivity contribution in [3.05, 3.63) is 47.4 Å². The Morgan fingerprint density at radius 1 is 1.21 bits per heavy atom. The van der Waals surface area contributed by atoms with Gasteiger partial charge in [0.2, 0.25) is 0 Å². The molecule has 96 valence electrons. The number of nitrogens with zero attached hydrogens (tertiary/aromatic N) is 1. The second-order valence-electron chi connectivity index (χ2n) is 3.94. The Morgan fingerprint density at radius 2 is 2.00 bits per heavy atom. The van der Waals surface area contributed by atoms with Crippen molar-refractivity contribution < 1.29 is 8.81 Å². The highest BCUT2D eigenvalue weighted by Crippen LogP contribution is 2.37. The molecule has 19 heavy (non-hydrogen) atoms. The first-order valence-electron chi connectivity index (χ1n) is 5.51. The minimum absolute atomic E-state index is 0.202. The number of H-pyrrole nitrogens is 1. The Bertz CT molecular complexity index is 735. The molecule has 0 saturated heterocycles. The van der Waals surface area contributed by atoms with E-state index in [2.05, 4.69) is 10.2 Å². The molecule has 0 unspecified atom stereocenters. The van der Waals surface area contributed by atoms with Gasteiger partial charge >= 0.3 is 0 Å². The number of benzene rings is 1. The van der Waals surface area contributed by atoms with Gasteiger partial charge in [-0.3, -0.25) is 5.10 Å². The number of aromatic amines is 1. The molecule has 0 fully saturated rings. The maximum atomic E-state index is 13.9. The van der Waals surface area contributed by atoms with E-state index in [0.717, 1.165) is 0 Å². The minimum Gasteiger partial charge on any atom is -0.443 e. The summed E-state index contributed by atoms with van der Waals surface area (Å²) in [5.74, 6) is 0.273. The smallest absolute Gasteiger partial charge is 0.194 e. The number of nitrogens with one attached hydrogen (secondary N) is 1. The molecule has 0 aliphatic rings. The Balaban J connectivity index is 2.22. The standard InChI is InChI=1S/C13H9ClFN3O/c14-10-6-5-9(19-10)12-11(13(16)18-17-12)7-3-1-2-4-8(7)15/h1-6H,(H3,16,17,18). The first kappa shape index (κ1) is 11.8. The van der Waals surface area contributed by atoms with Gasteiger partial charge in [-0.25, -0.2) is 4.39 Å². The molecule has 2 heterocycles. The monoisotopic (exact) mass is 277 g/mol. The Hall–Kier alpha value is -2.27. The zero-order chi connectivity index (χ0) is 13.4. The van der Waals surface area contributed by atoms with E-state index in [-0.39, 0.29) is 16.9 Å². The van der Waals surface area contributed by atoms with Gasteiger partial charge < -0.3 is 10.2 Å². The van der Waals surface area contributed by atoms with E-state index in [9.17, 15) is 4.39 Å². The van der Waals surface area contributed by atoms with Crippen LogP contribution < -0.4 is 5.73 Å². The van der Waals surface area contributed by atoms with Crippen molar-refractivity contribution in [2.75, 3.05) is 5.73 Å². The minimum atomic E-state index is -0.380. The molecule has 0 amide bonds. The first-order chi connectivity index (χ1) is 9.16. The summed E-state index contributed by atoms with van der Waals surface area (Å²) in [4.78, 5) is 0. The molecular formula is C13H9ClFN3O. The summed E-state index contributed by atoms with van der Waals surface area (Å²) in [6, 6.07) is 9.59. The van der Waals surface area contributed by atoms with E-state index < -0.39 is 0 Å². The zero-order valence-electron chi connectivity index (χ0n) is 9.65. The van der Waals surface area contributed by atoms with Gasteiger partial charge in [0.1, 0.15) is 11.5 Å². The number of hydrogen-bond acceptors (Lipinski definition) is 3. The summed E-state index contributed by atoms with van der Waals surface area (Å²) in [6.07, 6.45) is 0. The lowest BCUT2D eigenvalue weighted by atomic mass is 10.0. The maximum absolute atomic E-state index is 13.9. The fraction of sp³-hybridized carbons (Fsp3) is 0. The Kier molecular flexibility index (Phi) is 2.76. The van der Waals surface area contributed by atoms with Crippen LogP contribution in [-0.2, 0) is 0 Å². The fourth-order valence-electron chi connectivity index (χ4n) is 1.92. The van der Waals surface area contributed by atoms with Crippen LogP contribution in [-0.4, -0.2) is 10.2 Å². The summed E-state index contributed by atoms with van der Waals surface area (Å²) in [5, 5.41) is 6.88. The highest BCUT2D eigenvalue weighted by atomic mass is 35.5. The van der Waals surface area contributed by atoms with Crippen molar-refractivity contribution in [2.24, 2.45) is 0 Å². The first-order valence-corrected chi connectivity index (χ1v) is 5.89. The molecule has 3 aromatic rings. The molecule has 3 rings (SSSR count). The van der Waals surface area contributed by atoms with Crippen LogP contribution in [0.1, 0.15) is 0 Å². The second kappa shape index (κ2) is 4.44. The lowest BCUT2D eigenvalue weighted by Crippen LogP contribution is -1.91. The summed E-state index contributed by atoms with van der Waals surface area (Å²) in [6.45, 7) is 0. The lowest BCUT2D eigenvalue weighted by Gasteiger charge is -2.03. The lowest BCUT2D eigenvalue weighted by molar-refractivity contribution is 0.582. The Morgan fingerprint density at radius 3 is 2.68 bits per heavy atom. The highest BCUT2D eigenvalue weighted by molar-refractivity contribution is 6.29. The molecule has 2 aromatic heterocycles. The summed E-state index contributed by atoms with van der Waals surface area (Å²) >= 11 is 5.74. The van der Waals surface area contributed by atoms with Crippen LogP contribution in [0.2, 0.25) is 5.22 Å². The number of aromatic nitrogens is 2. The van der Waals surface area contributed by atoms with Gasteiger partial charge in [0, 0.05) is 5.56 Å². The SMILES string of the molecule is Nc1n[nH]c(-c2ccc(Cl)o2)c1-c1ccccc1F. The number of rotatable bonds is 2. The topological polar surface area (TPSA) is 67.8 Å². The predicted octanol–water partition coefficient (Wildman–Crippen LogP) is 3.71. The third-order valence-electron chi connectivity index (χ3n) is 2.76. The van der Waals surface area contributed by atoms with Gasteiger partial charge in [0.05, 0.1) is 5.56 Å². The third kappa shape index (κ3) is 1.98. The largest absolute Gasteiger partial charge is 0.443 e. The highest BCUT2D eigenvalue weighted by Gasteiger charge is 2.19. The van der Waals surface area contributed by atoms with Crippen LogP contribution in [0.15, 0.2) is 40.8 Å². The molecule has 0 atom stereocenters. The molecule has 0 spiro atoms. The number of nitrogen functional groups attached to an aromatic ring is 1. The van der Waals surface area contributed by atoms with Crippen LogP contribution in [0.3, 0.4) is 0 Å². The van der Waals surface area contributed by atoms with Crippen molar-refractivity contribution >= 4 is 17.4 Å². The summed E-state index contributed by atoms with van der Waals surface area (Å²) in [5.41, 5.74) is 7.12. The number of hydrogen-bond donors (Lipinski definition) is 2. The van der Waals surface area contributed by atoms with Crippen LogP contribution in [0.5, 0.6) is 0 Å². The molecule has 0 bridgehead atoms. The molecule has 1 aromatic carbocycles. The van der Waals surface area contributed by atoms with Crippen LogP contribution in [0, 0.1) is 5.82 Å². The molecule has 0 saturated carbocycles. The summed E-state index contributed by atoms with van der Waals surface area (Å²) < 4.78 is 19.2. The van der Waals surface area contributed by atoms with Crippen molar-refractivity contribution in [1.82, 2.24) is 10.2 Å². The molecule has 6 heteroatoms. The molecule has 0 aliphatic carbocycles. The molecular weight excluding hydrogens is 269 g/mol. The van der Waals surface area contributed by atoms with Gasteiger partial charge in [0.15, 0.2) is 16.8 Å². The van der Waals surface area contributed by atoms with Crippen LogP contribution in [0.4, 0.5) is 10.2 Å². The van der Waals surface area contributed by atoms with Gasteiger partial charge in [-0.15, -0.1) is 0 Å². The quantitative estimate of drug-likeness (QED) is 0.750. The number of halogens is 2. The Labute approximate surface area is 113 Å². The van der Waals surface area contributed by atoms with E-state index in [1.165, 1.54) is 6.07 Å². The van der Waals surface area contributed by atoms with Gasteiger partial charge in [-0.1, -0.05) is 18.2 Å². The van der Waals surface area contributed by atoms with Crippen LogP contribution >= 0.6 is 11.6 Å². The molecule has 0 radical (unpaired) electrons. The number of nitrogens with two attached hydrogens (primary N) is 1. The average Bonchev–Trinajstić information content (AvgIpc) is 2.96. The van der Waals surface area contributed by atoms with Gasteiger partial charge in [-0.05, 0) is 29.8 Å². The van der Waals surface area contributed by atoms with E-state index in [0.29, 0.717) is 22.6 Å². The van der Waals surface area contributed by atoms with E-state index >= 15 is 0 Å². The third-order valence-corrected chi connectivity index (χ3v) is 2.96. The summed E-state index contributed by atoms with van der Waals surface area (Å²) in [7, 11) is 0. The van der Waals surface area contributed by atoms with Crippen molar-refractivity contribution in [3.8, 4) is 22.6 Å². The number of anilines is 1. The normalized spacial score (nSPS) is 10.8. The van der Waals surface area contributed by atoms with Crippen molar-refractivity contribution in [3.63, 3.8) is 0 Å².